The highest BCUT2D eigenvalue weighted by molar-refractivity contribution is 5.37. The molecule has 0 unspecified atom stereocenters. The van der Waals surface area contributed by atoms with Gasteiger partial charge in [-0.25, -0.2) is 0 Å². The number of hydrogen-bond donors (Lipinski definition) is 0. The predicted molar refractivity (Wildman–Crippen MR) is 62.1 cm³/mol. The Kier molecular flexibility index (Phi) is 2.41. The fourth-order valence-corrected chi connectivity index (χ4v) is 2.06. The summed E-state index contributed by atoms with van der Waals surface area (Å²) in [6.45, 7) is 1.21. The van der Waals surface area contributed by atoms with Crippen LogP contribution in [0.25, 0.3) is 0 Å². The third-order valence-electron chi connectivity index (χ3n) is 2.94. The van der Waals surface area contributed by atoms with Crippen molar-refractivity contribution in [3.8, 4) is 5.75 Å². The molecule has 1 aromatic carbocycles. The second-order valence-corrected chi connectivity index (χ2v) is 4.06. The lowest BCUT2D eigenvalue weighted by molar-refractivity contribution is 0.181. The second kappa shape index (κ2) is 4.05. The van der Waals surface area contributed by atoms with Crippen molar-refractivity contribution in [3.63, 3.8) is 0 Å². The van der Waals surface area contributed by atoms with Crippen molar-refractivity contribution < 1.29 is 9.47 Å². The summed E-state index contributed by atoms with van der Waals surface area (Å²) in [5, 5.41) is 0. The van der Waals surface area contributed by atoms with Crippen molar-refractivity contribution in [1.29, 1.82) is 0 Å². The summed E-state index contributed by atoms with van der Waals surface area (Å²) < 4.78 is 11.6. The van der Waals surface area contributed by atoms with E-state index in [1.54, 1.807) is 0 Å². The Bertz CT molecular complexity index is 415. The maximum atomic E-state index is 5.83. The van der Waals surface area contributed by atoms with E-state index in [2.05, 4.69) is 12.2 Å². The molecule has 0 spiro atoms. The van der Waals surface area contributed by atoms with Crippen LogP contribution in [0.3, 0.4) is 0 Å². The zero-order valence-corrected chi connectivity index (χ0v) is 9.11. The third kappa shape index (κ3) is 1.71. The number of benzene rings is 1. The van der Waals surface area contributed by atoms with E-state index >= 15 is 0 Å². The molecular formula is C14H14O2. The summed E-state index contributed by atoms with van der Waals surface area (Å²) in [5.41, 5.74) is 2.30. The zero-order valence-electron chi connectivity index (χ0n) is 9.11. The Hall–Kier alpha value is -1.70. The smallest absolute Gasteiger partial charge is 0.126 e. The molecule has 3 rings (SSSR count). The van der Waals surface area contributed by atoms with Gasteiger partial charge in [0.1, 0.15) is 24.7 Å². The van der Waals surface area contributed by atoms with Gasteiger partial charge in [-0.1, -0.05) is 24.3 Å². The molecule has 2 heteroatoms. The van der Waals surface area contributed by atoms with Gasteiger partial charge in [0.2, 0.25) is 0 Å². The average Bonchev–Trinajstić information content (AvgIpc) is 2.32. The third-order valence-corrected chi connectivity index (χ3v) is 2.94. The largest absolute Gasteiger partial charge is 0.489 e. The highest BCUT2D eigenvalue weighted by Gasteiger charge is 2.16. The van der Waals surface area contributed by atoms with Gasteiger partial charge in [-0.2, -0.15) is 0 Å². The Morgan fingerprint density at radius 3 is 2.75 bits per heavy atom. The molecule has 1 aliphatic carbocycles. The predicted octanol–water partition coefficient (Wildman–Crippen LogP) is 3.20. The van der Waals surface area contributed by atoms with Crippen molar-refractivity contribution in [1.82, 2.24) is 0 Å². The van der Waals surface area contributed by atoms with E-state index in [1.807, 2.05) is 24.3 Å². The first-order valence-electron chi connectivity index (χ1n) is 5.66. The van der Waals surface area contributed by atoms with Crippen LogP contribution in [0.1, 0.15) is 18.4 Å². The van der Waals surface area contributed by atoms with Gasteiger partial charge in [-0.3, -0.25) is 0 Å². The number of allylic oxidation sites excluding steroid dienone is 2. The molecule has 0 radical (unpaired) electrons. The van der Waals surface area contributed by atoms with Gasteiger partial charge < -0.3 is 9.47 Å². The van der Waals surface area contributed by atoms with E-state index in [4.69, 9.17) is 9.47 Å². The number of para-hydroxylation sites is 1. The maximum Gasteiger partial charge on any atom is 0.126 e. The molecule has 0 N–H and O–H groups in total. The normalized spacial score (nSPS) is 18.8. The quantitative estimate of drug-likeness (QED) is 0.660. The highest BCUT2D eigenvalue weighted by atomic mass is 16.5. The van der Waals surface area contributed by atoms with Crippen molar-refractivity contribution in [3.05, 3.63) is 53.3 Å². The van der Waals surface area contributed by atoms with Gasteiger partial charge in [0.25, 0.3) is 0 Å². The number of ether oxygens (including phenoxy) is 2. The van der Waals surface area contributed by atoms with Crippen LogP contribution in [0.5, 0.6) is 5.75 Å². The minimum absolute atomic E-state index is 0.597. The van der Waals surface area contributed by atoms with Gasteiger partial charge in [0.15, 0.2) is 0 Å². The van der Waals surface area contributed by atoms with E-state index in [-0.39, 0.29) is 0 Å². The molecule has 0 aromatic heterocycles. The number of hydrogen-bond acceptors (Lipinski definition) is 2. The van der Waals surface area contributed by atoms with Crippen LogP contribution in [0.4, 0.5) is 0 Å². The molecule has 0 fully saturated rings. The SMILES string of the molecule is C1=C2COc3ccccc3COC2=CCC1. The second-order valence-electron chi connectivity index (χ2n) is 4.06. The highest BCUT2D eigenvalue weighted by Crippen LogP contribution is 2.28. The first-order chi connectivity index (χ1) is 7.93. The van der Waals surface area contributed by atoms with E-state index in [9.17, 15) is 0 Å². The molecule has 1 heterocycles. The number of rotatable bonds is 0. The summed E-state index contributed by atoms with van der Waals surface area (Å²) in [4.78, 5) is 0. The minimum Gasteiger partial charge on any atom is -0.489 e. The molecule has 2 nitrogen and oxygen atoms in total. The van der Waals surface area contributed by atoms with Crippen LogP contribution < -0.4 is 4.74 Å². The summed E-state index contributed by atoms with van der Waals surface area (Å²) in [6.07, 6.45) is 6.53. The first kappa shape index (κ1) is 9.52. The Labute approximate surface area is 95.2 Å². The van der Waals surface area contributed by atoms with Crippen LogP contribution in [0.15, 0.2) is 47.7 Å². The van der Waals surface area contributed by atoms with Gasteiger partial charge in [0.05, 0.1) is 0 Å². The number of fused-ring (bicyclic) bond motifs is 2. The fourth-order valence-electron chi connectivity index (χ4n) is 2.06. The van der Waals surface area contributed by atoms with Crippen molar-refractivity contribution >= 4 is 0 Å². The Balaban J connectivity index is 1.92. The molecule has 82 valence electrons. The van der Waals surface area contributed by atoms with E-state index in [0.717, 1.165) is 29.9 Å². The van der Waals surface area contributed by atoms with E-state index < -0.39 is 0 Å². The van der Waals surface area contributed by atoms with E-state index in [0.29, 0.717) is 13.2 Å². The maximum absolute atomic E-state index is 5.83. The molecule has 0 bridgehead atoms. The molecule has 0 saturated heterocycles. The van der Waals surface area contributed by atoms with Gasteiger partial charge in [0, 0.05) is 11.1 Å². The molecule has 0 saturated carbocycles. The first-order valence-corrected chi connectivity index (χ1v) is 5.66. The molecular weight excluding hydrogens is 200 g/mol. The van der Waals surface area contributed by atoms with Crippen LogP contribution >= 0.6 is 0 Å². The lowest BCUT2D eigenvalue weighted by Gasteiger charge is -2.22. The van der Waals surface area contributed by atoms with Crippen molar-refractivity contribution in [2.24, 2.45) is 0 Å². The van der Waals surface area contributed by atoms with E-state index in [1.165, 1.54) is 5.57 Å². The molecule has 1 aliphatic heterocycles. The lowest BCUT2D eigenvalue weighted by Crippen LogP contribution is -2.13. The van der Waals surface area contributed by atoms with Crippen molar-refractivity contribution in [2.45, 2.75) is 19.4 Å². The van der Waals surface area contributed by atoms with Crippen molar-refractivity contribution in [2.75, 3.05) is 6.61 Å². The molecule has 2 aliphatic rings. The van der Waals surface area contributed by atoms with Gasteiger partial charge in [-0.15, -0.1) is 0 Å². The molecule has 16 heavy (non-hydrogen) atoms. The Morgan fingerprint density at radius 2 is 1.75 bits per heavy atom. The topological polar surface area (TPSA) is 18.5 Å². The van der Waals surface area contributed by atoms with Crippen LogP contribution in [0.2, 0.25) is 0 Å². The van der Waals surface area contributed by atoms with Crippen LogP contribution in [-0.4, -0.2) is 6.61 Å². The molecule has 0 amide bonds. The minimum atomic E-state index is 0.597. The summed E-state index contributed by atoms with van der Waals surface area (Å²) >= 11 is 0. The molecule has 1 aromatic rings. The lowest BCUT2D eigenvalue weighted by atomic mass is 10.1. The van der Waals surface area contributed by atoms with Gasteiger partial charge in [-0.05, 0) is 25.0 Å². The Morgan fingerprint density at radius 1 is 0.875 bits per heavy atom. The monoisotopic (exact) mass is 214 g/mol. The fraction of sp³-hybridized carbons (Fsp3) is 0.286. The van der Waals surface area contributed by atoms with Crippen LogP contribution in [-0.2, 0) is 11.3 Å². The zero-order chi connectivity index (χ0) is 10.8. The van der Waals surface area contributed by atoms with Crippen LogP contribution in [0, 0.1) is 0 Å². The average molecular weight is 214 g/mol. The standard InChI is InChI=1S/C14H14O2/c1-3-7-13-11(5-1)9-15-14-8-4-2-6-12(14)10-16-13/h1,3,5-8H,2,4,9-10H2. The molecule has 0 atom stereocenters. The summed E-state index contributed by atoms with van der Waals surface area (Å²) in [6, 6.07) is 8.05. The summed E-state index contributed by atoms with van der Waals surface area (Å²) in [7, 11) is 0. The van der Waals surface area contributed by atoms with Gasteiger partial charge >= 0.3 is 0 Å². The summed E-state index contributed by atoms with van der Waals surface area (Å²) in [5.74, 6) is 1.94.